The Bertz CT molecular complexity index is 448. The summed E-state index contributed by atoms with van der Waals surface area (Å²) in [5.41, 5.74) is -0.456. The first-order valence-electron chi connectivity index (χ1n) is 17.9. The van der Waals surface area contributed by atoms with Gasteiger partial charge in [-0.15, -0.1) is 0 Å². The van der Waals surface area contributed by atoms with Gasteiger partial charge in [0.15, 0.2) is 0 Å². The molecule has 0 aromatic carbocycles. The van der Waals surface area contributed by atoms with E-state index in [1.807, 2.05) is 0 Å². The van der Waals surface area contributed by atoms with Crippen LogP contribution in [0, 0.1) is 5.41 Å². The van der Waals surface area contributed by atoms with Crippen LogP contribution in [0.15, 0.2) is 0 Å². The fourth-order valence-electron chi connectivity index (χ4n) is 6.19. The van der Waals surface area contributed by atoms with E-state index in [-0.39, 0.29) is 0 Å². The molecule has 0 aliphatic heterocycles. The van der Waals surface area contributed by atoms with E-state index in [2.05, 4.69) is 20.8 Å². The predicted octanol–water partition coefficient (Wildman–Crippen LogP) is 13.2. The summed E-state index contributed by atoms with van der Waals surface area (Å²) in [6.45, 7) is 6.83. The van der Waals surface area contributed by atoms with Crippen molar-refractivity contribution in [2.24, 2.45) is 5.41 Å². The van der Waals surface area contributed by atoms with Gasteiger partial charge in [0, 0.05) is 0 Å². The minimum Gasteiger partial charge on any atom is -0.481 e. The fraction of sp³-hybridized carbons (Fsp3) is 0.972. The number of carboxylic acids is 1. The fourth-order valence-corrected chi connectivity index (χ4v) is 6.19. The van der Waals surface area contributed by atoms with Crippen molar-refractivity contribution >= 4 is 5.97 Å². The Hall–Kier alpha value is -0.530. The Balaban J connectivity index is 4.39. The summed E-state index contributed by atoms with van der Waals surface area (Å²) in [5.74, 6) is -0.493. The topological polar surface area (TPSA) is 37.3 Å². The lowest BCUT2D eigenvalue weighted by molar-refractivity contribution is -0.150. The van der Waals surface area contributed by atoms with E-state index in [0.717, 1.165) is 38.5 Å². The van der Waals surface area contributed by atoms with Crippen LogP contribution in [0.3, 0.4) is 0 Å². The van der Waals surface area contributed by atoms with E-state index in [9.17, 15) is 9.90 Å². The van der Waals surface area contributed by atoms with E-state index in [1.54, 1.807) is 0 Å². The van der Waals surface area contributed by atoms with Crippen LogP contribution in [0.25, 0.3) is 0 Å². The molecule has 0 amide bonds. The van der Waals surface area contributed by atoms with Gasteiger partial charge < -0.3 is 5.11 Å². The molecule has 0 atom stereocenters. The Morgan fingerprint density at radius 3 is 0.737 bits per heavy atom. The van der Waals surface area contributed by atoms with Gasteiger partial charge in [-0.25, -0.2) is 0 Å². The molecule has 0 saturated heterocycles. The first-order valence-corrected chi connectivity index (χ1v) is 17.9. The van der Waals surface area contributed by atoms with Crippen molar-refractivity contribution < 1.29 is 9.90 Å². The number of rotatable bonds is 32. The van der Waals surface area contributed by atoms with Gasteiger partial charge in [-0.1, -0.05) is 201 Å². The zero-order valence-electron chi connectivity index (χ0n) is 26.8. The summed E-state index contributed by atoms with van der Waals surface area (Å²) in [4.78, 5) is 12.6. The SMILES string of the molecule is CCCCCCCCCCCCC(CCCCCCCCCC)(CCCCCCCCCCCC)C(=O)O. The van der Waals surface area contributed by atoms with Crippen molar-refractivity contribution in [3.8, 4) is 0 Å². The van der Waals surface area contributed by atoms with Crippen LogP contribution >= 0.6 is 0 Å². The molecule has 38 heavy (non-hydrogen) atoms. The molecule has 0 aromatic rings. The number of carbonyl (C=O) groups is 1. The second-order valence-corrected chi connectivity index (χ2v) is 12.7. The maximum atomic E-state index is 12.6. The van der Waals surface area contributed by atoms with Crippen molar-refractivity contribution in [3.63, 3.8) is 0 Å². The molecule has 0 aliphatic carbocycles. The maximum Gasteiger partial charge on any atom is 0.309 e. The summed E-state index contributed by atoms with van der Waals surface area (Å²) in [6.07, 6.45) is 39.5. The van der Waals surface area contributed by atoms with Crippen LogP contribution in [0.1, 0.15) is 220 Å². The predicted molar refractivity (Wildman–Crippen MR) is 170 cm³/mol. The van der Waals surface area contributed by atoms with Crippen LogP contribution < -0.4 is 0 Å². The van der Waals surface area contributed by atoms with Crippen molar-refractivity contribution in [1.29, 1.82) is 0 Å². The molecule has 0 saturated carbocycles. The number of hydrogen-bond acceptors (Lipinski definition) is 1. The molecule has 0 aromatic heterocycles. The van der Waals surface area contributed by atoms with E-state index in [4.69, 9.17) is 0 Å². The number of unbranched alkanes of at least 4 members (excludes halogenated alkanes) is 25. The summed E-state index contributed by atoms with van der Waals surface area (Å²) < 4.78 is 0. The monoisotopic (exact) mass is 537 g/mol. The Morgan fingerprint density at radius 1 is 0.368 bits per heavy atom. The molecule has 228 valence electrons. The van der Waals surface area contributed by atoms with E-state index in [0.29, 0.717) is 0 Å². The van der Waals surface area contributed by atoms with Crippen LogP contribution in [-0.2, 0) is 4.79 Å². The number of carboxylic acid groups (broad SMARTS) is 1. The second kappa shape index (κ2) is 29.5. The van der Waals surface area contributed by atoms with Crippen molar-refractivity contribution in [2.75, 3.05) is 0 Å². The van der Waals surface area contributed by atoms with Gasteiger partial charge in [0.25, 0.3) is 0 Å². The summed E-state index contributed by atoms with van der Waals surface area (Å²) in [7, 11) is 0. The first kappa shape index (κ1) is 37.5. The molecule has 0 heterocycles. The molecule has 0 radical (unpaired) electrons. The highest BCUT2D eigenvalue weighted by molar-refractivity contribution is 5.74. The molecule has 0 bridgehead atoms. The number of aliphatic carboxylic acids is 1. The molecule has 0 unspecified atom stereocenters. The zero-order valence-corrected chi connectivity index (χ0v) is 26.8. The molecule has 0 aliphatic rings. The highest BCUT2D eigenvalue weighted by atomic mass is 16.4. The Morgan fingerprint density at radius 2 is 0.553 bits per heavy atom. The lowest BCUT2D eigenvalue weighted by atomic mass is 9.74. The van der Waals surface area contributed by atoms with Crippen molar-refractivity contribution in [3.05, 3.63) is 0 Å². The van der Waals surface area contributed by atoms with Crippen LogP contribution in [0.5, 0.6) is 0 Å². The molecule has 2 nitrogen and oxygen atoms in total. The number of hydrogen-bond donors (Lipinski definition) is 1. The van der Waals surface area contributed by atoms with Gasteiger partial charge >= 0.3 is 5.97 Å². The van der Waals surface area contributed by atoms with Gasteiger partial charge in [-0.2, -0.15) is 0 Å². The molecule has 1 N–H and O–H groups in total. The molecule has 2 heteroatoms. The Kier molecular flexibility index (Phi) is 29.0. The van der Waals surface area contributed by atoms with E-state index in [1.165, 1.54) is 161 Å². The smallest absolute Gasteiger partial charge is 0.309 e. The highest BCUT2D eigenvalue weighted by Gasteiger charge is 2.36. The summed E-state index contributed by atoms with van der Waals surface area (Å²) in [5, 5.41) is 10.4. The van der Waals surface area contributed by atoms with Crippen molar-refractivity contribution in [1.82, 2.24) is 0 Å². The third-order valence-corrected chi connectivity index (χ3v) is 8.98. The van der Waals surface area contributed by atoms with E-state index < -0.39 is 11.4 Å². The quantitative estimate of drug-likeness (QED) is 0.0868. The average molecular weight is 537 g/mol. The van der Waals surface area contributed by atoms with Gasteiger partial charge in [-0.05, 0) is 19.3 Å². The summed E-state index contributed by atoms with van der Waals surface area (Å²) in [6, 6.07) is 0. The first-order chi connectivity index (χ1) is 18.6. The van der Waals surface area contributed by atoms with Gasteiger partial charge in [0.2, 0.25) is 0 Å². The van der Waals surface area contributed by atoms with Gasteiger partial charge in [-0.3, -0.25) is 4.79 Å². The molecular weight excluding hydrogens is 464 g/mol. The highest BCUT2D eigenvalue weighted by Crippen LogP contribution is 2.38. The lowest BCUT2D eigenvalue weighted by Crippen LogP contribution is -2.31. The minimum absolute atomic E-state index is 0.456. The average Bonchev–Trinajstić information content (AvgIpc) is 2.91. The maximum absolute atomic E-state index is 12.6. The van der Waals surface area contributed by atoms with Crippen LogP contribution in [0.2, 0.25) is 0 Å². The third kappa shape index (κ3) is 23.4. The largest absolute Gasteiger partial charge is 0.481 e. The molecular formula is C36H72O2. The van der Waals surface area contributed by atoms with E-state index >= 15 is 0 Å². The standard InChI is InChI=1S/C36H72O2/c1-4-7-10-13-16-19-21-24-27-30-33-36(35(37)38,32-29-26-23-18-15-12-9-6-3)34-31-28-25-22-20-17-14-11-8-5-2/h4-34H2,1-3H3,(H,37,38). The molecule has 0 spiro atoms. The molecule has 0 rings (SSSR count). The van der Waals surface area contributed by atoms with Gasteiger partial charge in [0.1, 0.15) is 0 Å². The zero-order chi connectivity index (χ0) is 28.0. The Labute approximate surface area is 240 Å². The third-order valence-electron chi connectivity index (χ3n) is 8.98. The lowest BCUT2D eigenvalue weighted by Gasteiger charge is -2.30. The van der Waals surface area contributed by atoms with Crippen LogP contribution in [0.4, 0.5) is 0 Å². The summed E-state index contributed by atoms with van der Waals surface area (Å²) >= 11 is 0. The molecule has 0 fully saturated rings. The minimum atomic E-state index is -0.493. The van der Waals surface area contributed by atoms with Gasteiger partial charge in [0.05, 0.1) is 5.41 Å². The second-order valence-electron chi connectivity index (χ2n) is 12.7. The van der Waals surface area contributed by atoms with Crippen LogP contribution in [-0.4, -0.2) is 11.1 Å². The van der Waals surface area contributed by atoms with Crippen molar-refractivity contribution in [2.45, 2.75) is 220 Å². The normalized spacial score (nSPS) is 11.9.